The van der Waals surface area contributed by atoms with Crippen LogP contribution in [0.15, 0.2) is 0 Å². The molecule has 0 spiro atoms. The van der Waals surface area contributed by atoms with Gasteiger partial charge >= 0.3 is 12.1 Å². The van der Waals surface area contributed by atoms with Crippen LogP contribution in [0.1, 0.15) is 0 Å². The third-order valence-corrected chi connectivity index (χ3v) is 0.972. The number of hydrogen-bond donors (Lipinski definition) is 3. The molecule has 6 nitrogen and oxygen atoms in total. The monoisotopic (exact) mass is 148 g/mol. The van der Waals surface area contributed by atoms with Gasteiger partial charge in [0.15, 0.2) is 6.17 Å². The standard InChI is InChI=1S/C4H8N2O4/c1-6(4(9)10)2(5)3(7)8/h2H,5H2,1H3,(H,7,8)(H,9,10). The lowest BCUT2D eigenvalue weighted by molar-refractivity contribution is -0.141. The zero-order valence-corrected chi connectivity index (χ0v) is 5.31. The van der Waals surface area contributed by atoms with Crippen LogP contribution >= 0.6 is 0 Å². The molecule has 0 aliphatic carbocycles. The largest absolute Gasteiger partial charge is 0.479 e. The fourth-order valence-electron chi connectivity index (χ4n) is 0.285. The summed E-state index contributed by atoms with van der Waals surface area (Å²) in [6.07, 6.45) is -2.85. The molecule has 0 aromatic rings. The van der Waals surface area contributed by atoms with Crippen molar-refractivity contribution in [2.24, 2.45) is 5.73 Å². The Hall–Kier alpha value is -1.30. The van der Waals surface area contributed by atoms with Crippen molar-refractivity contribution in [2.75, 3.05) is 7.05 Å². The summed E-state index contributed by atoms with van der Waals surface area (Å²) in [6, 6.07) is 0. The number of likely N-dealkylation sites (N-methyl/N-ethyl adjacent to an activating group) is 1. The molecule has 0 heterocycles. The van der Waals surface area contributed by atoms with Crippen molar-refractivity contribution >= 4 is 12.1 Å². The molecule has 6 heteroatoms. The zero-order valence-electron chi connectivity index (χ0n) is 5.31. The summed E-state index contributed by atoms with van der Waals surface area (Å²) in [6.45, 7) is 0. The lowest BCUT2D eigenvalue weighted by Gasteiger charge is -2.16. The van der Waals surface area contributed by atoms with E-state index in [1.807, 2.05) is 0 Å². The predicted molar refractivity (Wildman–Crippen MR) is 31.4 cm³/mol. The van der Waals surface area contributed by atoms with Gasteiger partial charge in [-0.3, -0.25) is 4.90 Å². The molecule has 1 amide bonds. The molecule has 0 saturated heterocycles. The normalized spacial score (nSPS) is 12.2. The van der Waals surface area contributed by atoms with Gasteiger partial charge in [0.2, 0.25) is 0 Å². The Morgan fingerprint density at radius 3 is 2.00 bits per heavy atom. The number of aliphatic carboxylic acids is 1. The summed E-state index contributed by atoms with van der Waals surface area (Å²) in [5, 5.41) is 16.4. The number of rotatable bonds is 2. The molecule has 0 fully saturated rings. The molecule has 1 unspecified atom stereocenters. The quantitative estimate of drug-likeness (QED) is 0.434. The van der Waals surface area contributed by atoms with Crippen molar-refractivity contribution in [1.82, 2.24) is 4.90 Å². The lowest BCUT2D eigenvalue weighted by Crippen LogP contribution is -2.47. The number of nitrogens with two attached hydrogens (primary N) is 1. The van der Waals surface area contributed by atoms with E-state index in [0.29, 0.717) is 4.90 Å². The minimum absolute atomic E-state index is 0.502. The topological polar surface area (TPSA) is 104 Å². The molecule has 0 aromatic heterocycles. The van der Waals surface area contributed by atoms with E-state index in [9.17, 15) is 9.59 Å². The van der Waals surface area contributed by atoms with E-state index >= 15 is 0 Å². The highest BCUT2D eigenvalue weighted by Crippen LogP contribution is 1.88. The second-order valence-corrected chi connectivity index (χ2v) is 1.68. The van der Waals surface area contributed by atoms with Gasteiger partial charge in [0.1, 0.15) is 0 Å². The third kappa shape index (κ3) is 1.90. The fraction of sp³-hybridized carbons (Fsp3) is 0.500. The van der Waals surface area contributed by atoms with Gasteiger partial charge < -0.3 is 15.9 Å². The molecular weight excluding hydrogens is 140 g/mol. The van der Waals surface area contributed by atoms with Crippen molar-refractivity contribution in [3.05, 3.63) is 0 Å². The van der Waals surface area contributed by atoms with E-state index < -0.39 is 18.2 Å². The third-order valence-electron chi connectivity index (χ3n) is 0.972. The molecule has 0 radical (unpaired) electrons. The van der Waals surface area contributed by atoms with E-state index in [2.05, 4.69) is 0 Å². The van der Waals surface area contributed by atoms with Crippen LogP contribution in [0.25, 0.3) is 0 Å². The van der Waals surface area contributed by atoms with Gasteiger partial charge in [-0.1, -0.05) is 0 Å². The van der Waals surface area contributed by atoms with Crippen molar-refractivity contribution in [3.8, 4) is 0 Å². The van der Waals surface area contributed by atoms with Crippen LogP contribution in [0.5, 0.6) is 0 Å². The second-order valence-electron chi connectivity index (χ2n) is 1.68. The highest BCUT2D eigenvalue weighted by Gasteiger charge is 2.20. The first-order valence-electron chi connectivity index (χ1n) is 2.41. The molecule has 0 aliphatic rings. The average Bonchev–Trinajstić information content (AvgIpc) is 1.84. The van der Waals surface area contributed by atoms with Gasteiger partial charge in [-0.05, 0) is 0 Å². The number of nitrogens with zero attached hydrogens (tertiary/aromatic N) is 1. The molecule has 4 N–H and O–H groups in total. The Labute approximate surface area is 56.8 Å². The first kappa shape index (κ1) is 8.70. The minimum atomic E-state index is -1.49. The Morgan fingerprint density at radius 2 is 1.90 bits per heavy atom. The van der Waals surface area contributed by atoms with Crippen LogP contribution in [0.3, 0.4) is 0 Å². The van der Waals surface area contributed by atoms with Gasteiger partial charge in [-0.2, -0.15) is 0 Å². The number of hydrogen-bond acceptors (Lipinski definition) is 3. The van der Waals surface area contributed by atoms with Crippen LogP contribution in [0.4, 0.5) is 4.79 Å². The Kier molecular flexibility index (Phi) is 2.63. The fourth-order valence-corrected chi connectivity index (χ4v) is 0.285. The summed E-state index contributed by atoms with van der Waals surface area (Å²) in [5.41, 5.74) is 4.91. The van der Waals surface area contributed by atoms with E-state index in [1.54, 1.807) is 0 Å². The summed E-state index contributed by atoms with van der Waals surface area (Å²) in [5.74, 6) is -1.37. The average molecular weight is 148 g/mol. The van der Waals surface area contributed by atoms with Gasteiger partial charge in [0, 0.05) is 7.05 Å². The van der Waals surface area contributed by atoms with Crippen molar-refractivity contribution in [1.29, 1.82) is 0 Å². The first-order chi connectivity index (χ1) is 4.46. The maximum absolute atomic E-state index is 10.0. The minimum Gasteiger partial charge on any atom is -0.479 e. The van der Waals surface area contributed by atoms with E-state index in [-0.39, 0.29) is 0 Å². The van der Waals surface area contributed by atoms with Crippen molar-refractivity contribution in [2.45, 2.75) is 6.17 Å². The van der Waals surface area contributed by atoms with Crippen LogP contribution < -0.4 is 5.73 Å². The Bertz CT molecular complexity index is 139. The smallest absolute Gasteiger partial charge is 0.408 e. The van der Waals surface area contributed by atoms with Gasteiger partial charge in [0.05, 0.1) is 0 Å². The van der Waals surface area contributed by atoms with Gasteiger partial charge in [-0.25, -0.2) is 9.59 Å². The van der Waals surface area contributed by atoms with Gasteiger partial charge in [-0.15, -0.1) is 0 Å². The molecule has 0 aromatic carbocycles. The van der Waals surface area contributed by atoms with Gasteiger partial charge in [0.25, 0.3) is 0 Å². The summed E-state index contributed by atoms with van der Waals surface area (Å²) < 4.78 is 0. The SMILES string of the molecule is CN(C(=O)O)C(N)C(=O)O. The maximum Gasteiger partial charge on any atom is 0.408 e. The van der Waals surface area contributed by atoms with Crippen LogP contribution in [0, 0.1) is 0 Å². The van der Waals surface area contributed by atoms with Crippen LogP contribution in [-0.2, 0) is 4.79 Å². The summed E-state index contributed by atoms with van der Waals surface area (Å²) >= 11 is 0. The van der Waals surface area contributed by atoms with E-state index in [0.717, 1.165) is 7.05 Å². The van der Waals surface area contributed by atoms with Crippen molar-refractivity contribution < 1.29 is 19.8 Å². The highest BCUT2D eigenvalue weighted by atomic mass is 16.4. The zero-order chi connectivity index (χ0) is 8.31. The molecule has 0 rings (SSSR count). The Morgan fingerprint density at radius 1 is 1.50 bits per heavy atom. The molecule has 0 saturated carbocycles. The molecular formula is C4H8N2O4. The highest BCUT2D eigenvalue weighted by molar-refractivity contribution is 5.78. The number of carboxylic acid groups (broad SMARTS) is 2. The maximum atomic E-state index is 10.0. The van der Waals surface area contributed by atoms with Crippen LogP contribution in [-0.4, -0.2) is 40.4 Å². The first-order valence-corrected chi connectivity index (χ1v) is 2.41. The number of carbonyl (C=O) groups is 2. The predicted octanol–water partition coefficient (Wildman–Crippen LogP) is -1.03. The van der Waals surface area contributed by atoms with E-state index in [4.69, 9.17) is 15.9 Å². The second kappa shape index (κ2) is 3.02. The molecule has 0 bridgehead atoms. The summed E-state index contributed by atoms with van der Waals surface area (Å²) in [4.78, 5) is 20.5. The molecule has 10 heavy (non-hydrogen) atoms. The van der Waals surface area contributed by atoms with Crippen LogP contribution in [0.2, 0.25) is 0 Å². The Balaban J connectivity index is 4.07. The lowest BCUT2D eigenvalue weighted by atomic mass is 10.5. The number of amides is 1. The summed E-state index contributed by atoms with van der Waals surface area (Å²) in [7, 11) is 1.08. The molecule has 58 valence electrons. The van der Waals surface area contributed by atoms with E-state index in [1.165, 1.54) is 0 Å². The molecule has 1 atom stereocenters. The van der Waals surface area contributed by atoms with Crippen molar-refractivity contribution in [3.63, 3.8) is 0 Å². The molecule has 0 aliphatic heterocycles. The number of carboxylic acids is 1.